The largest absolute Gasteiger partial charge is 0.508 e. The fourth-order valence-electron chi connectivity index (χ4n) is 2.09. The Morgan fingerprint density at radius 1 is 1.05 bits per heavy atom. The molecule has 0 aromatic heterocycles. The molecule has 1 unspecified atom stereocenters. The molecule has 3 heteroatoms. The van der Waals surface area contributed by atoms with Crippen molar-refractivity contribution in [2.24, 2.45) is 0 Å². The number of aromatic hydroxyl groups is 1. The van der Waals surface area contributed by atoms with Gasteiger partial charge in [-0.15, -0.1) is 0 Å². The minimum absolute atomic E-state index is 0.188. The Kier molecular flexibility index (Phi) is 4.18. The summed E-state index contributed by atoms with van der Waals surface area (Å²) in [6.45, 7) is 4.00. The molecule has 0 aliphatic heterocycles. The van der Waals surface area contributed by atoms with Crippen LogP contribution >= 0.6 is 0 Å². The summed E-state index contributed by atoms with van der Waals surface area (Å²) in [5.74, 6) is 0.324. The summed E-state index contributed by atoms with van der Waals surface area (Å²) in [5.41, 5.74) is 4.22. The van der Waals surface area contributed by atoms with Crippen LogP contribution in [-0.2, 0) is 0 Å². The van der Waals surface area contributed by atoms with Gasteiger partial charge in [0.25, 0.3) is 0 Å². The van der Waals surface area contributed by atoms with Crippen molar-refractivity contribution in [2.45, 2.75) is 19.9 Å². The number of anilines is 2. The van der Waals surface area contributed by atoms with Gasteiger partial charge in [-0.2, -0.15) is 0 Å². The molecule has 0 amide bonds. The Balaban J connectivity index is 2.10. The Hall–Kier alpha value is -2.16. The summed E-state index contributed by atoms with van der Waals surface area (Å²) in [4.78, 5) is 2.08. The number of nitrogens with one attached hydrogen (secondary N) is 1. The van der Waals surface area contributed by atoms with Crippen LogP contribution in [0.25, 0.3) is 0 Å². The molecule has 0 aliphatic rings. The number of hydrogen-bond acceptors (Lipinski definition) is 3. The molecule has 0 aliphatic carbocycles. The van der Waals surface area contributed by atoms with Crippen LogP contribution in [0.3, 0.4) is 0 Å². The van der Waals surface area contributed by atoms with E-state index in [0.29, 0.717) is 5.75 Å². The van der Waals surface area contributed by atoms with Gasteiger partial charge in [0, 0.05) is 37.6 Å². The fraction of sp³-hybridized carbons (Fsp3) is 0.294. The second-order valence-electron chi connectivity index (χ2n) is 5.35. The highest BCUT2D eigenvalue weighted by Gasteiger charge is 2.07. The third-order valence-corrected chi connectivity index (χ3v) is 3.50. The molecule has 2 N–H and O–H groups in total. The van der Waals surface area contributed by atoms with Crippen molar-refractivity contribution >= 4 is 11.4 Å². The molecule has 0 fully saturated rings. The molecule has 2 rings (SSSR count). The van der Waals surface area contributed by atoms with Gasteiger partial charge in [0.1, 0.15) is 5.75 Å². The van der Waals surface area contributed by atoms with Gasteiger partial charge in [0.05, 0.1) is 0 Å². The third-order valence-electron chi connectivity index (χ3n) is 3.50. The third kappa shape index (κ3) is 3.23. The van der Waals surface area contributed by atoms with Crippen molar-refractivity contribution in [3.05, 3.63) is 53.6 Å². The zero-order valence-corrected chi connectivity index (χ0v) is 12.5. The average Bonchev–Trinajstić information content (AvgIpc) is 2.43. The molecule has 0 heterocycles. The number of rotatable bonds is 4. The van der Waals surface area contributed by atoms with E-state index in [1.165, 1.54) is 11.3 Å². The van der Waals surface area contributed by atoms with Gasteiger partial charge in [-0.1, -0.05) is 18.2 Å². The molecular weight excluding hydrogens is 248 g/mol. The molecule has 0 saturated heterocycles. The van der Waals surface area contributed by atoms with Crippen molar-refractivity contribution in [3.63, 3.8) is 0 Å². The summed E-state index contributed by atoms with van der Waals surface area (Å²) < 4.78 is 0. The molecule has 0 saturated carbocycles. The smallest absolute Gasteiger partial charge is 0.120 e. The summed E-state index contributed by atoms with van der Waals surface area (Å²) in [6.07, 6.45) is 0. The summed E-state index contributed by atoms with van der Waals surface area (Å²) in [5, 5.41) is 13.1. The highest BCUT2D eigenvalue weighted by atomic mass is 16.3. The molecule has 0 bridgehead atoms. The summed E-state index contributed by atoms with van der Waals surface area (Å²) in [6, 6.07) is 14.3. The van der Waals surface area contributed by atoms with E-state index in [-0.39, 0.29) is 6.04 Å². The van der Waals surface area contributed by atoms with Crippen molar-refractivity contribution in [3.8, 4) is 5.75 Å². The topological polar surface area (TPSA) is 35.5 Å². The quantitative estimate of drug-likeness (QED) is 0.883. The summed E-state index contributed by atoms with van der Waals surface area (Å²) >= 11 is 0. The highest BCUT2D eigenvalue weighted by molar-refractivity contribution is 5.53. The number of phenols is 1. The molecule has 2 aromatic carbocycles. The Morgan fingerprint density at radius 3 is 2.25 bits per heavy atom. The molecule has 1 atom stereocenters. The first kappa shape index (κ1) is 14.3. The Morgan fingerprint density at radius 2 is 1.70 bits per heavy atom. The van der Waals surface area contributed by atoms with Gasteiger partial charge < -0.3 is 15.3 Å². The van der Waals surface area contributed by atoms with Crippen LogP contribution in [0.5, 0.6) is 5.75 Å². The Bertz CT molecular complexity index is 576. The standard InChI is InChI=1S/C17H22N2O/c1-12-5-8-15(11-17(12)20)18-13(2)14-6-9-16(10-7-14)19(3)4/h5-11,13,18,20H,1-4H3. The first-order chi connectivity index (χ1) is 9.47. The molecular formula is C17H22N2O. The van der Waals surface area contributed by atoms with E-state index in [2.05, 4.69) is 41.4 Å². The van der Waals surface area contributed by atoms with E-state index in [1.54, 1.807) is 6.07 Å². The number of benzene rings is 2. The summed E-state index contributed by atoms with van der Waals surface area (Å²) in [7, 11) is 4.07. The minimum atomic E-state index is 0.188. The molecule has 20 heavy (non-hydrogen) atoms. The van der Waals surface area contributed by atoms with E-state index in [1.807, 2.05) is 33.2 Å². The first-order valence-electron chi connectivity index (χ1n) is 6.81. The zero-order valence-electron chi connectivity index (χ0n) is 12.5. The van der Waals surface area contributed by atoms with Crippen LogP contribution in [0.15, 0.2) is 42.5 Å². The zero-order chi connectivity index (χ0) is 14.7. The van der Waals surface area contributed by atoms with Crippen LogP contribution in [0.1, 0.15) is 24.1 Å². The first-order valence-corrected chi connectivity index (χ1v) is 6.81. The van der Waals surface area contributed by atoms with Gasteiger partial charge in [-0.3, -0.25) is 0 Å². The predicted molar refractivity (Wildman–Crippen MR) is 85.7 cm³/mol. The van der Waals surface area contributed by atoms with Crippen molar-refractivity contribution < 1.29 is 5.11 Å². The number of aryl methyl sites for hydroxylation is 1. The van der Waals surface area contributed by atoms with Gasteiger partial charge >= 0.3 is 0 Å². The SMILES string of the molecule is Cc1ccc(NC(C)c2ccc(N(C)C)cc2)cc1O. The predicted octanol–water partition coefficient (Wildman–Crippen LogP) is 3.94. The monoisotopic (exact) mass is 270 g/mol. The van der Waals surface area contributed by atoms with Gasteiger partial charge in [0.2, 0.25) is 0 Å². The normalized spacial score (nSPS) is 12.0. The number of hydrogen-bond donors (Lipinski definition) is 2. The molecule has 106 valence electrons. The lowest BCUT2D eigenvalue weighted by atomic mass is 10.1. The van der Waals surface area contributed by atoms with Crippen molar-refractivity contribution in [2.75, 3.05) is 24.3 Å². The molecule has 3 nitrogen and oxygen atoms in total. The van der Waals surface area contributed by atoms with Crippen LogP contribution in [0, 0.1) is 6.92 Å². The lowest BCUT2D eigenvalue weighted by molar-refractivity contribution is 0.471. The number of phenolic OH excluding ortho intramolecular Hbond substituents is 1. The lowest BCUT2D eigenvalue weighted by Gasteiger charge is -2.18. The van der Waals surface area contributed by atoms with Crippen molar-refractivity contribution in [1.82, 2.24) is 0 Å². The number of nitrogens with zero attached hydrogens (tertiary/aromatic N) is 1. The van der Waals surface area contributed by atoms with E-state index in [0.717, 1.165) is 11.3 Å². The van der Waals surface area contributed by atoms with Gasteiger partial charge in [0.15, 0.2) is 0 Å². The van der Waals surface area contributed by atoms with Gasteiger partial charge in [-0.25, -0.2) is 0 Å². The lowest BCUT2D eigenvalue weighted by Crippen LogP contribution is -2.10. The molecule has 0 radical (unpaired) electrons. The molecule has 2 aromatic rings. The van der Waals surface area contributed by atoms with Crippen LogP contribution in [0.2, 0.25) is 0 Å². The maximum atomic E-state index is 9.74. The van der Waals surface area contributed by atoms with Crippen LogP contribution in [0.4, 0.5) is 11.4 Å². The average molecular weight is 270 g/mol. The van der Waals surface area contributed by atoms with Crippen LogP contribution < -0.4 is 10.2 Å². The van der Waals surface area contributed by atoms with Crippen LogP contribution in [-0.4, -0.2) is 19.2 Å². The maximum Gasteiger partial charge on any atom is 0.120 e. The van der Waals surface area contributed by atoms with E-state index in [9.17, 15) is 5.11 Å². The van der Waals surface area contributed by atoms with E-state index >= 15 is 0 Å². The Labute approximate surface area is 120 Å². The maximum absolute atomic E-state index is 9.74. The van der Waals surface area contributed by atoms with Crippen molar-refractivity contribution in [1.29, 1.82) is 0 Å². The highest BCUT2D eigenvalue weighted by Crippen LogP contribution is 2.25. The van der Waals surface area contributed by atoms with E-state index in [4.69, 9.17) is 0 Å². The van der Waals surface area contributed by atoms with E-state index < -0.39 is 0 Å². The second kappa shape index (κ2) is 5.87. The fourth-order valence-corrected chi connectivity index (χ4v) is 2.09. The molecule has 0 spiro atoms. The second-order valence-corrected chi connectivity index (χ2v) is 5.35. The minimum Gasteiger partial charge on any atom is -0.508 e. The van der Waals surface area contributed by atoms with Gasteiger partial charge in [-0.05, 0) is 43.2 Å².